The number of nitrogens with two attached hydrogens (primary N) is 1. The fourth-order valence-electron chi connectivity index (χ4n) is 6.04. The molecule has 1 atom stereocenters. The minimum atomic E-state index is -0.293. The molecule has 13 heteroatoms. The van der Waals surface area contributed by atoms with Crippen molar-refractivity contribution in [1.82, 2.24) is 30.2 Å². The van der Waals surface area contributed by atoms with E-state index in [4.69, 9.17) is 48.4 Å². The lowest BCUT2D eigenvalue weighted by molar-refractivity contribution is -0.127. The second kappa shape index (κ2) is 14.3. The normalized spacial score (nSPS) is 16.7. The molecule has 0 unspecified atom stereocenters. The van der Waals surface area contributed by atoms with Gasteiger partial charge in [-0.2, -0.15) is 0 Å². The van der Waals surface area contributed by atoms with E-state index in [1.165, 1.54) is 0 Å². The van der Waals surface area contributed by atoms with E-state index in [2.05, 4.69) is 20.2 Å². The number of carbonyl (C=O) groups is 2. The molecular weight excluding hydrogens is 641 g/mol. The number of ketones is 1. The Balaban J connectivity index is 1.23. The van der Waals surface area contributed by atoms with Crippen LogP contribution in [0.3, 0.4) is 0 Å². The van der Waals surface area contributed by atoms with Gasteiger partial charge in [0.25, 0.3) is 0 Å². The molecule has 1 aliphatic carbocycles. The quantitative estimate of drug-likeness (QED) is 0.211. The van der Waals surface area contributed by atoms with Gasteiger partial charge >= 0.3 is 0 Å². The number of aromatic nitrogens is 4. The van der Waals surface area contributed by atoms with Crippen molar-refractivity contribution in [1.29, 1.82) is 0 Å². The summed E-state index contributed by atoms with van der Waals surface area (Å²) in [4.78, 5) is 43.7. The average molecular weight is 677 g/mol. The van der Waals surface area contributed by atoms with Gasteiger partial charge in [-0.25, -0.2) is 9.97 Å². The fraction of sp³-hybridized carbons (Fsp3) is 0.353. The van der Waals surface area contributed by atoms with E-state index in [0.717, 1.165) is 13.0 Å². The van der Waals surface area contributed by atoms with Gasteiger partial charge in [-0.15, -0.1) is 0 Å². The lowest BCUT2D eigenvalue weighted by Crippen LogP contribution is -2.51. The summed E-state index contributed by atoms with van der Waals surface area (Å²) in [5.74, 6) is 1.03. The fourth-order valence-corrected chi connectivity index (χ4v) is 6.69. The number of likely N-dealkylation sites (tertiary alicyclic amines) is 1. The molecular formula is C34H35Cl2N7O4. The summed E-state index contributed by atoms with van der Waals surface area (Å²) in [5.41, 5.74) is 10.6. The van der Waals surface area contributed by atoms with Crippen LogP contribution in [0, 0.1) is 11.8 Å². The number of nitrogens with one attached hydrogen (secondary N) is 1. The van der Waals surface area contributed by atoms with Gasteiger partial charge in [-0.3, -0.25) is 24.5 Å². The van der Waals surface area contributed by atoms with E-state index in [-0.39, 0.29) is 11.8 Å². The van der Waals surface area contributed by atoms with Crippen molar-refractivity contribution in [2.45, 2.75) is 32.4 Å². The predicted octanol–water partition coefficient (Wildman–Crippen LogP) is 4.97. The molecule has 1 saturated heterocycles. The monoisotopic (exact) mass is 675 g/mol. The predicted molar refractivity (Wildman–Crippen MR) is 179 cm³/mol. The van der Waals surface area contributed by atoms with Crippen molar-refractivity contribution in [3.05, 3.63) is 70.2 Å². The van der Waals surface area contributed by atoms with Gasteiger partial charge in [0.2, 0.25) is 17.7 Å². The molecule has 2 aromatic heterocycles. The Morgan fingerprint density at radius 2 is 1.47 bits per heavy atom. The van der Waals surface area contributed by atoms with Gasteiger partial charge in [-0.05, 0) is 18.9 Å². The molecule has 1 saturated carbocycles. The molecule has 244 valence electrons. The van der Waals surface area contributed by atoms with Crippen molar-refractivity contribution in [3.8, 4) is 45.4 Å². The van der Waals surface area contributed by atoms with Crippen LogP contribution in [0.2, 0.25) is 10.0 Å². The van der Waals surface area contributed by atoms with Crippen LogP contribution in [0.15, 0.2) is 48.8 Å². The van der Waals surface area contributed by atoms with Gasteiger partial charge in [0.1, 0.15) is 17.2 Å². The summed E-state index contributed by atoms with van der Waals surface area (Å²) in [6, 6.07) is 11.3. The van der Waals surface area contributed by atoms with Gasteiger partial charge in [0.15, 0.2) is 0 Å². The molecule has 2 fully saturated rings. The SMILES string of the molecule is COc1nc(-c2cccc(-c3cccc(-c4cnc(CN5CC(C(N)=O)C5)c(OC)n4)c3Cl)c2Cl)cnc1CNC[C@@H]1CCC(=O)C1. The van der Waals surface area contributed by atoms with Crippen molar-refractivity contribution in [2.75, 3.05) is 33.9 Å². The first kappa shape index (κ1) is 32.8. The third-order valence-corrected chi connectivity index (χ3v) is 9.47. The molecule has 6 rings (SSSR count). The van der Waals surface area contributed by atoms with Crippen LogP contribution in [0.5, 0.6) is 11.8 Å². The Hall–Kier alpha value is -4.16. The minimum absolute atomic E-state index is 0.142. The largest absolute Gasteiger partial charge is 0.480 e. The molecule has 0 radical (unpaired) electrons. The van der Waals surface area contributed by atoms with E-state index in [1.807, 2.05) is 36.4 Å². The maximum atomic E-state index is 11.6. The Labute approximate surface area is 282 Å². The number of primary amides is 1. The highest BCUT2D eigenvalue weighted by atomic mass is 35.5. The highest BCUT2D eigenvalue weighted by molar-refractivity contribution is 6.39. The van der Waals surface area contributed by atoms with E-state index in [1.54, 1.807) is 26.6 Å². The molecule has 2 aliphatic rings. The molecule has 0 bridgehead atoms. The first-order valence-electron chi connectivity index (χ1n) is 15.4. The first-order chi connectivity index (χ1) is 22.7. The number of rotatable bonds is 12. The average Bonchev–Trinajstić information content (AvgIpc) is 3.47. The highest BCUT2D eigenvalue weighted by Gasteiger charge is 2.32. The number of hydrogen-bond donors (Lipinski definition) is 2. The second-order valence-electron chi connectivity index (χ2n) is 11.8. The third kappa shape index (κ3) is 7.08. The molecule has 4 aromatic rings. The standard InChI is InChI=1S/C34H35Cl2N7O4/c1-46-33-28(13-38-12-19-9-10-21(44)11-19)39-14-26(41-33)24-7-3-5-22(30(24)35)23-6-4-8-25(31(23)36)27-15-40-29(34(42-27)47-2)18-43-16-20(17-43)32(37)45/h3-8,14-15,19-20,38H,9-13,16-18H2,1-2H3,(H2,37,45)/t19-/m1/s1. The highest BCUT2D eigenvalue weighted by Crippen LogP contribution is 2.42. The third-order valence-electron chi connectivity index (χ3n) is 8.66. The second-order valence-corrected chi connectivity index (χ2v) is 12.6. The molecule has 2 aromatic carbocycles. The number of methoxy groups -OCH3 is 2. The van der Waals surface area contributed by atoms with Crippen LogP contribution in [0.25, 0.3) is 33.6 Å². The summed E-state index contributed by atoms with van der Waals surface area (Å²) in [5, 5.41) is 4.30. The zero-order valence-corrected chi connectivity index (χ0v) is 27.6. The van der Waals surface area contributed by atoms with Crippen molar-refractivity contribution in [2.24, 2.45) is 17.6 Å². The molecule has 47 heavy (non-hydrogen) atoms. The van der Waals surface area contributed by atoms with Crippen LogP contribution in [-0.2, 0) is 22.7 Å². The number of halogens is 2. The molecule has 1 aliphatic heterocycles. The van der Waals surface area contributed by atoms with E-state index in [0.29, 0.717) is 118 Å². The molecule has 3 heterocycles. The number of hydrogen-bond acceptors (Lipinski definition) is 10. The summed E-state index contributed by atoms with van der Waals surface area (Å²) in [6.45, 7) is 2.87. The molecule has 1 amide bonds. The number of Topliss-reactive ketones (excluding diaryl/α,β-unsaturated/α-hetero) is 1. The molecule has 0 spiro atoms. The smallest absolute Gasteiger partial charge is 0.237 e. The van der Waals surface area contributed by atoms with Crippen LogP contribution in [-0.4, -0.2) is 70.4 Å². The van der Waals surface area contributed by atoms with Gasteiger partial charge in [-0.1, -0.05) is 59.6 Å². The Morgan fingerprint density at radius 3 is 2.00 bits per heavy atom. The van der Waals surface area contributed by atoms with Crippen molar-refractivity contribution >= 4 is 34.9 Å². The number of benzene rings is 2. The van der Waals surface area contributed by atoms with Crippen molar-refractivity contribution < 1.29 is 19.1 Å². The lowest BCUT2D eigenvalue weighted by Gasteiger charge is -2.37. The minimum Gasteiger partial charge on any atom is -0.480 e. The summed E-state index contributed by atoms with van der Waals surface area (Å²) >= 11 is 14.1. The topological polar surface area (TPSA) is 145 Å². The molecule has 11 nitrogen and oxygen atoms in total. The Kier molecular flexibility index (Phi) is 9.97. The number of nitrogens with zero attached hydrogens (tertiary/aromatic N) is 5. The van der Waals surface area contributed by atoms with Crippen molar-refractivity contribution in [3.63, 3.8) is 0 Å². The number of carbonyl (C=O) groups excluding carboxylic acids is 2. The van der Waals surface area contributed by atoms with E-state index < -0.39 is 0 Å². The van der Waals surface area contributed by atoms with Gasteiger partial charge in [0, 0.05) is 61.3 Å². The summed E-state index contributed by atoms with van der Waals surface area (Å²) in [6.07, 6.45) is 5.56. The first-order valence-corrected chi connectivity index (χ1v) is 16.1. The Bertz CT molecular complexity index is 1820. The van der Waals surface area contributed by atoms with Gasteiger partial charge in [0.05, 0.1) is 54.0 Å². The van der Waals surface area contributed by atoms with Crippen LogP contribution >= 0.6 is 23.2 Å². The maximum Gasteiger partial charge on any atom is 0.237 e. The van der Waals surface area contributed by atoms with E-state index in [9.17, 15) is 9.59 Å². The van der Waals surface area contributed by atoms with E-state index >= 15 is 0 Å². The van der Waals surface area contributed by atoms with Crippen LogP contribution in [0.1, 0.15) is 30.7 Å². The molecule has 3 N–H and O–H groups in total. The van der Waals surface area contributed by atoms with Crippen LogP contribution in [0.4, 0.5) is 0 Å². The summed E-state index contributed by atoms with van der Waals surface area (Å²) in [7, 11) is 3.11. The number of ether oxygens (including phenoxy) is 2. The number of amides is 1. The zero-order valence-electron chi connectivity index (χ0n) is 26.1. The Morgan fingerprint density at radius 1 is 0.915 bits per heavy atom. The lowest BCUT2D eigenvalue weighted by atomic mass is 9.98. The maximum absolute atomic E-state index is 11.6. The zero-order chi connectivity index (χ0) is 33.1. The summed E-state index contributed by atoms with van der Waals surface area (Å²) < 4.78 is 11.2. The van der Waals surface area contributed by atoms with Crippen LogP contribution < -0.4 is 20.5 Å². The van der Waals surface area contributed by atoms with Gasteiger partial charge < -0.3 is 20.5 Å².